The van der Waals surface area contributed by atoms with Crippen molar-refractivity contribution in [3.63, 3.8) is 0 Å². The summed E-state index contributed by atoms with van der Waals surface area (Å²) in [5.41, 5.74) is 5.09. The van der Waals surface area contributed by atoms with E-state index in [1.807, 2.05) is 30.3 Å². The van der Waals surface area contributed by atoms with Crippen LogP contribution in [0.3, 0.4) is 0 Å². The fourth-order valence-corrected chi connectivity index (χ4v) is 4.94. The van der Waals surface area contributed by atoms with Crippen LogP contribution >= 0.6 is 11.3 Å². The average molecular weight is 331 g/mol. The van der Waals surface area contributed by atoms with Gasteiger partial charge in [0, 0.05) is 15.5 Å². The number of hydrogen-bond donors (Lipinski definition) is 2. The number of hydrogen-bond acceptors (Lipinski definition) is 5. The second-order valence-corrected chi connectivity index (χ2v) is 7.63. The molecular formula is C17H17NO4S. The van der Waals surface area contributed by atoms with Gasteiger partial charge in [0.2, 0.25) is 0 Å². The van der Waals surface area contributed by atoms with Crippen molar-refractivity contribution in [3.05, 3.63) is 35.2 Å². The number of carboxylic acids is 1. The quantitative estimate of drug-likeness (QED) is 0.840. The molecule has 1 heterocycles. The van der Waals surface area contributed by atoms with E-state index < -0.39 is 23.4 Å². The Morgan fingerprint density at radius 1 is 1.39 bits per heavy atom. The van der Waals surface area contributed by atoms with E-state index in [1.165, 1.54) is 0 Å². The van der Waals surface area contributed by atoms with Crippen molar-refractivity contribution in [3.8, 4) is 0 Å². The van der Waals surface area contributed by atoms with Gasteiger partial charge in [-0.3, -0.25) is 9.59 Å². The highest BCUT2D eigenvalue weighted by atomic mass is 32.1. The molecule has 0 saturated heterocycles. The zero-order valence-electron chi connectivity index (χ0n) is 12.4. The Balaban J connectivity index is 1.45. The van der Waals surface area contributed by atoms with E-state index in [1.54, 1.807) is 11.3 Å². The van der Waals surface area contributed by atoms with E-state index in [9.17, 15) is 9.59 Å². The first-order valence-electron chi connectivity index (χ1n) is 7.67. The highest BCUT2D eigenvalue weighted by molar-refractivity contribution is 7.19. The number of fused-ring (bicyclic) bond motifs is 2. The molecule has 1 aromatic heterocycles. The molecule has 5 nitrogen and oxygen atoms in total. The lowest BCUT2D eigenvalue weighted by Crippen LogP contribution is -2.50. The SMILES string of the molecule is N[C@@]1(C(=O)OCc2cc3ccccc3s2)CC[C@H]2[C@H](C(=O)O)[C@H]21. The van der Waals surface area contributed by atoms with E-state index in [4.69, 9.17) is 15.6 Å². The van der Waals surface area contributed by atoms with Crippen molar-refractivity contribution >= 4 is 33.4 Å². The van der Waals surface area contributed by atoms with Gasteiger partial charge in [0.25, 0.3) is 0 Å². The van der Waals surface area contributed by atoms with Gasteiger partial charge < -0.3 is 15.6 Å². The zero-order chi connectivity index (χ0) is 16.2. The van der Waals surface area contributed by atoms with Crippen LogP contribution in [-0.4, -0.2) is 22.6 Å². The summed E-state index contributed by atoms with van der Waals surface area (Å²) in [6.45, 7) is 0.187. The van der Waals surface area contributed by atoms with Gasteiger partial charge in [-0.05, 0) is 36.3 Å². The Morgan fingerprint density at radius 2 is 2.17 bits per heavy atom. The van der Waals surface area contributed by atoms with Crippen LogP contribution in [0.2, 0.25) is 0 Å². The van der Waals surface area contributed by atoms with Crippen molar-refractivity contribution in [2.75, 3.05) is 0 Å². The van der Waals surface area contributed by atoms with Gasteiger partial charge in [-0.15, -0.1) is 11.3 Å². The van der Waals surface area contributed by atoms with Crippen molar-refractivity contribution in [1.82, 2.24) is 0 Å². The minimum absolute atomic E-state index is 0.0365. The molecule has 2 saturated carbocycles. The molecule has 4 rings (SSSR count). The van der Waals surface area contributed by atoms with Crippen molar-refractivity contribution in [2.45, 2.75) is 25.0 Å². The molecule has 4 atom stereocenters. The van der Waals surface area contributed by atoms with Crippen LogP contribution in [-0.2, 0) is 20.9 Å². The third-order valence-corrected chi connectivity index (χ3v) is 6.23. The summed E-state index contributed by atoms with van der Waals surface area (Å²) in [5.74, 6) is -2.03. The number of carbonyl (C=O) groups excluding carboxylic acids is 1. The number of rotatable bonds is 4. The van der Waals surface area contributed by atoms with Crippen molar-refractivity contribution in [2.24, 2.45) is 23.5 Å². The molecule has 120 valence electrons. The molecular weight excluding hydrogens is 314 g/mol. The number of benzene rings is 1. The lowest BCUT2D eigenvalue weighted by atomic mass is 9.91. The maximum Gasteiger partial charge on any atom is 0.326 e. The number of nitrogens with two attached hydrogens (primary N) is 1. The normalized spacial score (nSPS) is 31.8. The van der Waals surface area contributed by atoms with E-state index in [-0.39, 0.29) is 18.4 Å². The Hall–Kier alpha value is -1.92. The summed E-state index contributed by atoms with van der Waals surface area (Å²) < 4.78 is 6.57. The number of carboxylic acid groups (broad SMARTS) is 1. The minimum Gasteiger partial charge on any atom is -0.481 e. The number of aliphatic carboxylic acids is 1. The summed E-state index contributed by atoms with van der Waals surface area (Å²) in [6.07, 6.45) is 1.20. The van der Waals surface area contributed by atoms with Crippen molar-refractivity contribution in [1.29, 1.82) is 0 Å². The zero-order valence-corrected chi connectivity index (χ0v) is 13.2. The Morgan fingerprint density at radius 3 is 2.87 bits per heavy atom. The van der Waals surface area contributed by atoms with Gasteiger partial charge in [-0.2, -0.15) is 0 Å². The molecule has 0 unspecified atom stereocenters. The van der Waals surface area contributed by atoms with Crippen molar-refractivity contribution < 1.29 is 19.4 Å². The van der Waals surface area contributed by atoms with Crippen LogP contribution < -0.4 is 5.73 Å². The lowest BCUT2D eigenvalue weighted by molar-refractivity contribution is -0.152. The van der Waals surface area contributed by atoms with Gasteiger partial charge in [-0.1, -0.05) is 18.2 Å². The van der Waals surface area contributed by atoms with Crippen LogP contribution in [0.4, 0.5) is 0 Å². The summed E-state index contributed by atoms with van der Waals surface area (Å²) in [5, 5.41) is 10.3. The molecule has 3 N–H and O–H groups in total. The molecule has 0 spiro atoms. The lowest BCUT2D eigenvalue weighted by Gasteiger charge is -2.24. The van der Waals surface area contributed by atoms with Gasteiger partial charge in [-0.25, -0.2) is 0 Å². The van der Waals surface area contributed by atoms with Crippen LogP contribution in [0.25, 0.3) is 10.1 Å². The Kier molecular flexibility index (Phi) is 3.21. The third-order valence-electron chi connectivity index (χ3n) is 5.14. The summed E-state index contributed by atoms with van der Waals surface area (Å²) >= 11 is 1.59. The highest BCUT2D eigenvalue weighted by Crippen LogP contribution is 2.61. The predicted molar refractivity (Wildman–Crippen MR) is 85.9 cm³/mol. The van der Waals surface area contributed by atoms with Crippen LogP contribution in [0.15, 0.2) is 30.3 Å². The maximum absolute atomic E-state index is 12.4. The largest absolute Gasteiger partial charge is 0.481 e. The van der Waals surface area contributed by atoms with E-state index in [0.29, 0.717) is 12.8 Å². The fourth-order valence-electron chi connectivity index (χ4n) is 3.96. The highest BCUT2D eigenvalue weighted by Gasteiger charge is 2.70. The van der Waals surface area contributed by atoms with E-state index in [2.05, 4.69) is 0 Å². The average Bonchev–Trinajstić information content (AvgIpc) is 2.97. The molecule has 2 aliphatic carbocycles. The Bertz CT molecular complexity index is 768. The monoisotopic (exact) mass is 331 g/mol. The molecule has 0 bridgehead atoms. The van der Waals surface area contributed by atoms with E-state index in [0.717, 1.165) is 15.0 Å². The van der Waals surface area contributed by atoms with Gasteiger partial charge in [0.05, 0.1) is 5.92 Å². The number of esters is 1. The van der Waals surface area contributed by atoms with Gasteiger partial charge in [0.15, 0.2) is 0 Å². The predicted octanol–water partition coefficient (Wildman–Crippen LogP) is 2.38. The third kappa shape index (κ3) is 2.24. The molecule has 0 aliphatic heterocycles. The number of thiophene rings is 1. The summed E-state index contributed by atoms with van der Waals surface area (Å²) in [6, 6.07) is 9.99. The fraction of sp³-hybridized carbons (Fsp3) is 0.412. The van der Waals surface area contributed by atoms with Gasteiger partial charge >= 0.3 is 11.9 Å². The van der Waals surface area contributed by atoms with Gasteiger partial charge in [0.1, 0.15) is 12.1 Å². The van der Waals surface area contributed by atoms with Crippen LogP contribution in [0.5, 0.6) is 0 Å². The second kappa shape index (κ2) is 5.04. The summed E-state index contributed by atoms with van der Waals surface area (Å²) in [4.78, 5) is 24.5. The molecule has 0 radical (unpaired) electrons. The van der Waals surface area contributed by atoms with Crippen LogP contribution in [0, 0.1) is 17.8 Å². The number of ether oxygens (including phenoxy) is 1. The smallest absolute Gasteiger partial charge is 0.326 e. The molecule has 1 aromatic carbocycles. The van der Waals surface area contributed by atoms with E-state index >= 15 is 0 Å². The maximum atomic E-state index is 12.4. The first-order valence-corrected chi connectivity index (χ1v) is 8.49. The topological polar surface area (TPSA) is 89.6 Å². The molecule has 2 aliphatic rings. The standard InChI is InChI=1S/C17H17NO4S/c18-17(6-5-11-13(14(11)17)15(19)20)16(21)22-8-10-7-9-3-1-2-4-12(9)23-10/h1-4,7,11,13-14H,5-6,8,18H2,(H,19,20)/t11-,13-,14-,17-/m0/s1. The first kappa shape index (κ1) is 14.7. The van der Waals surface area contributed by atoms with Crippen LogP contribution in [0.1, 0.15) is 17.7 Å². The molecule has 6 heteroatoms. The molecule has 23 heavy (non-hydrogen) atoms. The molecule has 2 aromatic rings. The Labute approximate surface area is 137 Å². The summed E-state index contributed by atoms with van der Waals surface area (Å²) in [7, 11) is 0. The molecule has 0 amide bonds. The minimum atomic E-state index is -1.13. The number of carbonyl (C=O) groups is 2. The second-order valence-electron chi connectivity index (χ2n) is 6.46. The first-order chi connectivity index (χ1) is 11.0. The molecule has 2 fully saturated rings.